The SMILES string of the molecule is CCNC(=NCc1ccc(F)cc1C(F)(F)F)NCCS(=O)Cc1ccccc1.I. The van der Waals surface area contributed by atoms with Crippen molar-refractivity contribution in [3.63, 3.8) is 0 Å². The van der Waals surface area contributed by atoms with Crippen molar-refractivity contribution in [3.05, 3.63) is 71.0 Å². The maximum atomic E-state index is 13.2. The van der Waals surface area contributed by atoms with Gasteiger partial charge in [-0.3, -0.25) is 4.21 Å². The summed E-state index contributed by atoms with van der Waals surface area (Å²) in [6.07, 6.45) is -4.66. The summed E-state index contributed by atoms with van der Waals surface area (Å²) in [5, 5.41) is 5.90. The van der Waals surface area contributed by atoms with Crippen molar-refractivity contribution < 1.29 is 21.8 Å². The van der Waals surface area contributed by atoms with Crippen molar-refractivity contribution >= 4 is 40.7 Å². The Labute approximate surface area is 193 Å². The number of rotatable bonds is 8. The Kier molecular flexibility index (Phi) is 11.3. The molecule has 1 unspecified atom stereocenters. The fourth-order valence-corrected chi connectivity index (χ4v) is 3.61. The summed E-state index contributed by atoms with van der Waals surface area (Å²) < 4.78 is 64.6. The zero-order chi connectivity index (χ0) is 21.3. The van der Waals surface area contributed by atoms with Crippen LogP contribution < -0.4 is 10.6 Å². The molecule has 0 aliphatic heterocycles. The molecule has 0 bridgehead atoms. The van der Waals surface area contributed by atoms with E-state index in [1.165, 1.54) is 0 Å². The third-order valence-corrected chi connectivity index (χ3v) is 5.24. The van der Waals surface area contributed by atoms with Crippen LogP contribution in [0.15, 0.2) is 53.5 Å². The van der Waals surface area contributed by atoms with E-state index in [0.717, 1.165) is 17.7 Å². The van der Waals surface area contributed by atoms with Gasteiger partial charge in [-0.05, 0) is 30.2 Å². The summed E-state index contributed by atoms with van der Waals surface area (Å²) in [6.45, 7) is 2.41. The fourth-order valence-electron chi connectivity index (χ4n) is 2.57. The number of nitrogens with zero attached hydrogens (tertiary/aromatic N) is 1. The van der Waals surface area contributed by atoms with Gasteiger partial charge in [0.05, 0.1) is 12.1 Å². The molecule has 166 valence electrons. The molecule has 2 aromatic rings. The fraction of sp³-hybridized carbons (Fsp3) is 0.350. The van der Waals surface area contributed by atoms with Gasteiger partial charge in [0.15, 0.2) is 5.96 Å². The van der Waals surface area contributed by atoms with Crippen LogP contribution in [0.3, 0.4) is 0 Å². The predicted octanol–water partition coefficient (Wildman–Crippen LogP) is 4.47. The van der Waals surface area contributed by atoms with E-state index in [2.05, 4.69) is 15.6 Å². The lowest BCUT2D eigenvalue weighted by molar-refractivity contribution is -0.138. The molecule has 0 spiro atoms. The molecular weight excluding hydrogens is 533 g/mol. The zero-order valence-corrected chi connectivity index (χ0v) is 19.5. The minimum atomic E-state index is -4.66. The van der Waals surface area contributed by atoms with Gasteiger partial charge >= 0.3 is 6.18 Å². The number of hydrogen-bond acceptors (Lipinski definition) is 2. The Hall–Kier alpha value is -1.69. The molecule has 0 saturated heterocycles. The number of guanidine groups is 1. The minimum Gasteiger partial charge on any atom is -0.357 e. The predicted molar refractivity (Wildman–Crippen MR) is 123 cm³/mol. The van der Waals surface area contributed by atoms with Crippen molar-refractivity contribution in [3.8, 4) is 0 Å². The molecule has 4 nitrogen and oxygen atoms in total. The van der Waals surface area contributed by atoms with Crippen LogP contribution in [0.4, 0.5) is 17.6 Å². The molecule has 0 radical (unpaired) electrons. The first-order valence-corrected chi connectivity index (χ1v) is 10.5. The summed E-state index contributed by atoms with van der Waals surface area (Å²) in [7, 11) is -1.09. The Morgan fingerprint density at radius 1 is 1.10 bits per heavy atom. The van der Waals surface area contributed by atoms with E-state index in [-0.39, 0.29) is 36.1 Å². The molecule has 10 heteroatoms. The second-order valence-corrected chi connectivity index (χ2v) is 7.77. The van der Waals surface area contributed by atoms with Crippen LogP contribution in [-0.2, 0) is 29.3 Å². The molecular formula is C20H24F4IN3OS. The Bertz CT molecular complexity index is 848. The topological polar surface area (TPSA) is 53.5 Å². The number of aliphatic imine (C=N–C) groups is 1. The highest BCUT2D eigenvalue weighted by atomic mass is 127. The quantitative estimate of drug-likeness (QED) is 0.218. The molecule has 1 atom stereocenters. The van der Waals surface area contributed by atoms with Gasteiger partial charge in [-0.1, -0.05) is 36.4 Å². The van der Waals surface area contributed by atoms with Crippen molar-refractivity contribution in [2.45, 2.75) is 25.4 Å². The molecule has 2 aromatic carbocycles. The first-order valence-electron chi connectivity index (χ1n) is 9.06. The van der Waals surface area contributed by atoms with Crippen LogP contribution in [0, 0.1) is 5.82 Å². The van der Waals surface area contributed by atoms with Crippen LogP contribution in [-0.4, -0.2) is 29.0 Å². The summed E-state index contributed by atoms with van der Waals surface area (Å²) in [4.78, 5) is 4.14. The van der Waals surface area contributed by atoms with Gasteiger partial charge in [-0.15, -0.1) is 24.0 Å². The smallest absolute Gasteiger partial charge is 0.357 e. The molecule has 0 amide bonds. The lowest BCUT2D eigenvalue weighted by Crippen LogP contribution is -2.39. The highest BCUT2D eigenvalue weighted by Crippen LogP contribution is 2.32. The Balaban J connectivity index is 0.00000450. The summed E-state index contributed by atoms with van der Waals surface area (Å²) in [6, 6.07) is 12.0. The van der Waals surface area contributed by atoms with E-state index in [9.17, 15) is 21.8 Å². The standard InChI is InChI=1S/C20H23F4N3OS.HI/c1-2-25-19(26-10-11-29(28)14-15-6-4-3-5-7-15)27-13-16-8-9-17(21)12-18(16)20(22,23)24;/h3-9,12H,2,10-11,13-14H2,1H3,(H2,25,26,27);1H. The van der Waals surface area contributed by atoms with Gasteiger partial charge in [0.25, 0.3) is 0 Å². The molecule has 2 N–H and O–H groups in total. The number of alkyl halides is 3. The monoisotopic (exact) mass is 557 g/mol. The second-order valence-electron chi connectivity index (χ2n) is 6.20. The minimum absolute atomic E-state index is 0. The van der Waals surface area contributed by atoms with Crippen molar-refractivity contribution in [2.75, 3.05) is 18.8 Å². The van der Waals surface area contributed by atoms with Crippen molar-refractivity contribution in [2.24, 2.45) is 4.99 Å². The molecule has 0 fully saturated rings. The first-order chi connectivity index (χ1) is 13.8. The molecule has 0 aliphatic rings. The molecule has 30 heavy (non-hydrogen) atoms. The summed E-state index contributed by atoms with van der Waals surface area (Å²) in [5.74, 6) is 0.155. The number of halogens is 5. The maximum absolute atomic E-state index is 13.2. The molecule has 0 saturated carbocycles. The van der Waals surface area contributed by atoms with Gasteiger partial charge in [0, 0.05) is 35.4 Å². The lowest BCUT2D eigenvalue weighted by Gasteiger charge is -2.14. The first kappa shape index (κ1) is 26.3. The van der Waals surface area contributed by atoms with E-state index < -0.39 is 28.4 Å². The average molecular weight is 557 g/mol. The van der Waals surface area contributed by atoms with Crippen LogP contribution in [0.5, 0.6) is 0 Å². The summed E-state index contributed by atoms with van der Waals surface area (Å²) in [5.41, 5.74) is -0.188. The van der Waals surface area contributed by atoms with E-state index in [4.69, 9.17) is 0 Å². The van der Waals surface area contributed by atoms with E-state index >= 15 is 0 Å². The van der Waals surface area contributed by atoms with Gasteiger partial charge < -0.3 is 10.6 Å². The molecule has 2 rings (SSSR count). The van der Waals surface area contributed by atoms with Gasteiger partial charge in [0.2, 0.25) is 0 Å². The molecule has 0 aromatic heterocycles. The Morgan fingerprint density at radius 3 is 2.43 bits per heavy atom. The highest BCUT2D eigenvalue weighted by Gasteiger charge is 2.33. The van der Waals surface area contributed by atoms with Crippen LogP contribution in [0.1, 0.15) is 23.6 Å². The van der Waals surface area contributed by atoms with Crippen molar-refractivity contribution in [1.82, 2.24) is 10.6 Å². The number of hydrogen-bond donors (Lipinski definition) is 2. The normalized spacial score (nSPS) is 12.8. The highest BCUT2D eigenvalue weighted by molar-refractivity contribution is 14.0. The van der Waals surface area contributed by atoms with Crippen LogP contribution >= 0.6 is 24.0 Å². The van der Waals surface area contributed by atoms with Gasteiger partial charge in [-0.2, -0.15) is 13.2 Å². The average Bonchev–Trinajstić information content (AvgIpc) is 2.67. The van der Waals surface area contributed by atoms with Gasteiger partial charge in [-0.25, -0.2) is 9.38 Å². The summed E-state index contributed by atoms with van der Waals surface area (Å²) >= 11 is 0. The Morgan fingerprint density at radius 2 is 1.80 bits per heavy atom. The van der Waals surface area contributed by atoms with Crippen molar-refractivity contribution in [1.29, 1.82) is 0 Å². The van der Waals surface area contributed by atoms with Gasteiger partial charge in [0.1, 0.15) is 5.82 Å². The molecule has 0 aliphatic carbocycles. The van der Waals surface area contributed by atoms with E-state index in [1.54, 1.807) is 0 Å². The number of benzene rings is 2. The largest absolute Gasteiger partial charge is 0.416 e. The van der Waals surface area contributed by atoms with E-state index in [0.29, 0.717) is 36.6 Å². The maximum Gasteiger partial charge on any atom is 0.416 e. The lowest BCUT2D eigenvalue weighted by atomic mass is 10.1. The zero-order valence-electron chi connectivity index (χ0n) is 16.3. The van der Waals surface area contributed by atoms with Crippen LogP contribution in [0.25, 0.3) is 0 Å². The second kappa shape index (κ2) is 12.9. The third-order valence-electron chi connectivity index (χ3n) is 3.92. The third kappa shape index (κ3) is 8.99. The van der Waals surface area contributed by atoms with Crippen LogP contribution in [0.2, 0.25) is 0 Å². The number of nitrogens with one attached hydrogen (secondary N) is 2. The van der Waals surface area contributed by atoms with E-state index in [1.807, 2.05) is 37.3 Å². The molecule has 0 heterocycles.